The van der Waals surface area contributed by atoms with Crippen molar-refractivity contribution in [3.63, 3.8) is 0 Å². The average molecular weight is 477 g/mol. The molecule has 2 aliphatic rings. The third kappa shape index (κ3) is 4.27. The zero-order valence-corrected chi connectivity index (χ0v) is 20.3. The minimum atomic E-state index is -3.02. The van der Waals surface area contributed by atoms with Gasteiger partial charge in [0.15, 0.2) is 5.82 Å². The summed E-state index contributed by atoms with van der Waals surface area (Å²) in [6.07, 6.45) is 1.92. The van der Waals surface area contributed by atoms with Gasteiger partial charge in [-0.25, -0.2) is 8.78 Å². The Kier molecular flexibility index (Phi) is 5.29. The molecule has 1 aliphatic carbocycles. The maximum absolute atomic E-state index is 14.7. The predicted octanol–water partition coefficient (Wildman–Crippen LogP) is 6.38. The third-order valence-electron chi connectivity index (χ3n) is 7.76. The summed E-state index contributed by atoms with van der Waals surface area (Å²) in [7, 11) is 0. The van der Waals surface area contributed by atoms with Crippen molar-refractivity contribution in [1.29, 1.82) is 0 Å². The van der Waals surface area contributed by atoms with Gasteiger partial charge in [-0.05, 0) is 74.4 Å². The molecule has 2 bridgehead atoms. The van der Waals surface area contributed by atoms with E-state index in [1.54, 1.807) is 0 Å². The van der Waals surface area contributed by atoms with Gasteiger partial charge in [0, 0.05) is 43.7 Å². The Hall–Kier alpha value is -3.06. The van der Waals surface area contributed by atoms with Gasteiger partial charge in [-0.15, -0.1) is 10.2 Å². The number of alkyl halides is 2. The van der Waals surface area contributed by atoms with Crippen molar-refractivity contribution in [3.8, 4) is 11.3 Å². The Morgan fingerprint density at radius 3 is 2.46 bits per heavy atom. The second-order valence-corrected chi connectivity index (χ2v) is 10.6. The van der Waals surface area contributed by atoms with Crippen LogP contribution in [-0.4, -0.2) is 34.2 Å². The summed E-state index contributed by atoms with van der Waals surface area (Å²) in [5, 5.41) is 12.0. The molecule has 35 heavy (non-hydrogen) atoms. The number of fused-ring (bicyclic) bond motifs is 3. The summed E-state index contributed by atoms with van der Waals surface area (Å²) in [5.74, 6) is -1.68. The molecule has 2 fully saturated rings. The molecule has 0 spiro atoms. The lowest BCUT2D eigenvalue weighted by atomic mass is 10.0. The van der Waals surface area contributed by atoms with Gasteiger partial charge in [-0.1, -0.05) is 17.7 Å². The number of anilines is 1. The van der Waals surface area contributed by atoms with Crippen molar-refractivity contribution in [2.24, 2.45) is 11.8 Å². The molecule has 4 aromatic rings. The number of rotatable bonds is 6. The minimum Gasteiger partial charge on any atom is -0.457 e. The monoisotopic (exact) mass is 476 g/mol. The summed E-state index contributed by atoms with van der Waals surface area (Å²) in [4.78, 5) is 2.49. The van der Waals surface area contributed by atoms with E-state index < -0.39 is 5.92 Å². The van der Waals surface area contributed by atoms with Crippen LogP contribution in [0.3, 0.4) is 0 Å². The van der Waals surface area contributed by atoms with Crippen molar-refractivity contribution in [3.05, 3.63) is 64.7 Å². The molecule has 1 aromatic carbocycles. The first-order chi connectivity index (χ1) is 16.7. The maximum Gasteiger partial charge on any atom is 0.274 e. The number of hydrogen-bond donors (Lipinski definition) is 1. The van der Waals surface area contributed by atoms with Crippen LogP contribution < -0.4 is 5.32 Å². The van der Waals surface area contributed by atoms with Crippen LogP contribution in [0, 0.1) is 25.7 Å². The molecule has 4 heterocycles. The van der Waals surface area contributed by atoms with Crippen LogP contribution in [0.1, 0.15) is 42.0 Å². The normalized spacial score (nSPS) is 22.8. The molecule has 1 N–H and O–H groups in total. The first-order valence-electron chi connectivity index (χ1n) is 12.4. The van der Waals surface area contributed by atoms with Gasteiger partial charge in [-0.3, -0.25) is 4.90 Å². The molecule has 1 unspecified atom stereocenters. The molecule has 5 nitrogen and oxygen atoms in total. The van der Waals surface area contributed by atoms with Gasteiger partial charge in [-0.2, -0.15) is 0 Å². The van der Waals surface area contributed by atoms with E-state index in [4.69, 9.17) is 4.42 Å². The summed E-state index contributed by atoms with van der Waals surface area (Å²) in [6, 6.07) is 13.8. The lowest BCUT2D eigenvalue weighted by Gasteiger charge is -2.22. The van der Waals surface area contributed by atoms with Crippen molar-refractivity contribution in [2.45, 2.75) is 52.1 Å². The number of nitrogens with zero attached hydrogens (tertiary/aromatic N) is 3. The zero-order valence-electron chi connectivity index (χ0n) is 20.3. The molecule has 3 atom stereocenters. The summed E-state index contributed by atoms with van der Waals surface area (Å²) in [6.45, 7) is 7.84. The lowest BCUT2D eigenvalue weighted by Crippen LogP contribution is -2.26. The Morgan fingerprint density at radius 2 is 1.80 bits per heavy atom. The number of halogens is 2. The lowest BCUT2D eigenvalue weighted by molar-refractivity contribution is 0.0178. The van der Waals surface area contributed by atoms with Crippen LogP contribution in [-0.2, 0) is 12.5 Å². The van der Waals surface area contributed by atoms with Crippen LogP contribution in [0.5, 0.6) is 0 Å². The van der Waals surface area contributed by atoms with Gasteiger partial charge in [0.1, 0.15) is 11.2 Å². The Bertz CT molecular complexity index is 1350. The molecular formula is C28H30F2N4O. The van der Waals surface area contributed by atoms with Gasteiger partial charge in [0.05, 0.1) is 11.3 Å². The van der Waals surface area contributed by atoms with E-state index in [-0.39, 0.29) is 17.4 Å². The summed E-state index contributed by atoms with van der Waals surface area (Å²) >= 11 is 0. The summed E-state index contributed by atoms with van der Waals surface area (Å²) < 4.78 is 35.0. The molecule has 1 saturated carbocycles. The fourth-order valence-electron chi connectivity index (χ4n) is 6.02. The second-order valence-electron chi connectivity index (χ2n) is 10.6. The van der Waals surface area contributed by atoms with E-state index in [0.717, 1.165) is 67.3 Å². The highest BCUT2D eigenvalue weighted by molar-refractivity contribution is 5.67. The number of likely N-dealkylation sites (tertiary alicyclic amines) is 1. The first-order valence-corrected chi connectivity index (χ1v) is 12.4. The van der Waals surface area contributed by atoms with Crippen LogP contribution in [0.25, 0.3) is 22.4 Å². The van der Waals surface area contributed by atoms with E-state index in [0.29, 0.717) is 17.5 Å². The minimum absolute atomic E-state index is 0.0899. The molecular weight excluding hydrogens is 446 g/mol. The molecule has 0 amide bonds. The Labute approximate surface area is 203 Å². The van der Waals surface area contributed by atoms with Crippen LogP contribution in [0.15, 0.2) is 46.9 Å². The van der Waals surface area contributed by atoms with E-state index >= 15 is 0 Å². The van der Waals surface area contributed by atoms with Crippen molar-refractivity contribution in [1.82, 2.24) is 15.1 Å². The van der Waals surface area contributed by atoms with Crippen LogP contribution in [0.2, 0.25) is 0 Å². The van der Waals surface area contributed by atoms with Crippen molar-refractivity contribution >= 4 is 17.0 Å². The molecule has 3 aromatic heterocycles. The highest BCUT2D eigenvalue weighted by Gasteiger charge is 2.42. The zero-order chi connectivity index (χ0) is 24.3. The van der Waals surface area contributed by atoms with E-state index in [1.165, 1.54) is 11.6 Å². The van der Waals surface area contributed by atoms with E-state index in [1.807, 2.05) is 44.2 Å². The number of nitrogens with one attached hydrogen (secondary N) is 1. The highest BCUT2D eigenvalue weighted by Crippen LogP contribution is 2.42. The van der Waals surface area contributed by atoms with Gasteiger partial charge in [0.25, 0.3) is 5.92 Å². The van der Waals surface area contributed by atoms with E-state index in [9.17, 15) is 8.78 Å². The maximum atomic E-state index is 14.7. The highest BCUT2D eigenvalue weighted by atomic mass is 19.3. The average Bonchev–Trinajstić information content (AvgIpc) is 3.57. The first kappa shape index (κ1) is 22.4. The largest absolute Gasteiger partial charge is 0.457 e. The standard InChI is InChI=1S/C28H30F2N4O/c1-16-4-5-17(2)23(8-16)25-12-24(28(3,29)30)27(33-32-25)31-21-9-18-13-34(14-19(18)10-21)15-20-11-22-6-7-26(20)35-22/h4-8,11-12,18-19,21H,9-10,13-15H2,1-3H3,(H,31,33)/t18-,19+,21?. The van der Waals surface area contributed by atoms with Crippen LogP contribution in [0.4, 0.5) is 14.6 Å². The topological polar surface area (TPSA) is 54.2 Å². The number of hydrogen-bond acceptors (Lipinski definition) is 5. The SMILES string of the molecule is Cc1ccc(C)c(-c2cc(C(C)(F)F)c(NC3C[C@@H]4CN(Cc5cc6ccc5o6)C[C@@H]4C3)nn2)c1. The molecule has 182 valence electrons. The number of aryl methyl sites for hydroxylation is 2. The molecule has 7 heteroatoms. The van der Waals surface area contributed by atoms with Gasteiger partial charge < -0.3 is 9.73 Å². The smallest absolute Gasteiger partial charge is 0.274 e. The van der Waals surface area contributed by atoms with Gasteiger partial charge >= 0.3 is 0 Å². The second kappa shape index (κ2) is 8.26. The third-order valence-corrected chi connectivity index (χ3v) is 7.76. The van der Waals surface area contributed by atoms with Crippen molar-refractivity contribution in [2.75, 3.05) is 18.4 Å². The van der Waals surface area contributed by atoms with Gasteiger partial charge in [0.2, 0.25) is 0 Å². The van der Waals surface area contributed by atoms with Crippen LogP contribution >= 0.6 is 0 Å². The number of benzene rings is 2. The van der Waals surface area contributed by atoms with E-state index in [2.05, 4.69) is 26.5 Å². The quantitative estimate of drug-likeness (QED) is 0.350. The van der Waals surface area contributed by atoms with Crippen molar-refractivity contribution < 1.29 is 13.2 Å². The fourth-order valence-corrected chi connectivity index (χ4v) is 6.02. The molecule has 1 aliphatic heterocycles. The predicted molar refractivity (Wildman–Crippen MR) is 133 cm³/mol. The Morgan fingerprint density at radius 1 is 1.03 bits per heavy atom. The number of furan rings is 2. The molecule has 1 saturated heterocycles. The summed E-state index contributed by atoms with van der Waals surface area (Å²) in [5.41, 5.74) is 6.46. The molecule has 0 radical (unpaired) electrons. The Balaban J connectivity index is 1.16. The molecule has 6 rings (SSSR count). The number of aromatic nitrogens is 2. The fraction of sp³-hybridized carbons (Fsp3) is 0.429.